The number of carbonyl (C=O) groups excluding carboxylic acids is 4. The van der Waals surface area contributed by atoms with Gasteiger partial charge in [0.15, 0.2) is 26.4 Å². The van der Waals surface area contributed by atoms with Crippen LogP contribution in [0.15, 0.2) is 30.3 Å². The summed E-state index contributed by atoms with van der Waals surface area (Å²) in [5.74, 6) is -0.849. The van der Waals surface area contributed by atoms with Gasteiger partial charge in [-0.05, 0) is 209 Å². The van der Waals surface area contributed by atoms with Crippen molar-refractivity contribution in [2.24, 2.45) is 23.3 Å². The van der Waals surface area contributed by atoms with E-state index in [2.05, 4.69) is 49.9 Å². The third-order valence-corrected chi connectivity index (χ3v) is 36.3. The lowest BCUT2D eigenvalue weighted by atomic mass is 9.75. The molecule has 2 aliphatic carbocycles. The largest absolute Gasteiger partial charge is 0.506 e. The summed E-state index contributed by atoms with van der Waals surface area (Å²) in [5, 5.41) is 40.7. The van der Waals surface area contributed by atoms with Gasteiger partial charge < -0.3 is 96.5 Å². The van der Waals surface area contributed by atoms with Crippen LogP contribution in [0.5, 0.6) is 0 Å². The molecule has 600 valence electrons. The van der Waals surface area contributed by atoms with Gasteiger partial charge in [-0.25, -0.2) is 0 Å². The normalized spacial score (nSPS) is 20.4. The fraction of sp³-hybridized carbons (Fsp3) is 0.861. The second-order valence-corrected chi connectivity index (χ2v) is 47.5. The van der Waals surface area contributed by atoms with E-state index in [4.69, 9.17) is 70.6 Å². The van der Waals surface area contributed by atoms with Crippen LogP contribution in [-0.4, -0.2) is 279 Å². The van der Waals surface area contributed by atoms with Gasteiger partial charge in [-0.15, -0.1) is 0 Å². The van der Waals surface area contributed by atoms with Crippen molar-refractivity contribution in [3.05, 3.63) is 30.3 Å². The number of hydrogen-bond acceptors (Lipinski definition) is 26. The summed E-state index contributed by atoms with van der Waals surface area (Å²) in [6, 6.07) is 10.7. The van der Waals surface area contributed by atoms with Gasteiger partial charge in [0.1, 0.15) is 12.1 Å². The molecule has 103 heavy (non-hydrogen) atoms. The minimum atomic E-state index is -3.70. The van der Waals surface area contributed by atoms with Crippen molar-refractivity contribution in [1.82, 2.24) is 20.4 Å². The average Bonchev–Trinajstić information content (AvgIpc) is 0.779. The monoisotopic (exact) mass is 1550 g/mol. The molecule has 2 aliphatic rings. The Balaban J connectivity index is 1.70. The second kappa shape index (κ2) is 51.8. The first kappa shape index (κ1) is 94.7. The van der Waals surface area contributed by atoms with E-state index in [1.54, 1.807) is 27.7 Å². The highest BCUT2D eigenvalue weighted by molar-refractivity contribution is 6.94. The van der Waals surface area contributed by atoms with Crippen molar-refractivity contribution in [2.45, 2.75) is 269 Å². The smallest absolute Gasteiger partial charge is 0.466 e. The molecule has 10 unspecified atom stereocenters. The Morgan fingerprint density at radius 2 is 0.981 bits per heavy atom. The van der Waals surface area contributed by atoms with E-state index in [1.807, 2.05) is 74.9 Å². The SMILES string of the molecule is CCOC(=O)CC(C(=O)OCC)N(C)C1CCC(CC2CCC(N(CC(O)COCCC[Si](C)(C)O[Si](C)(C)O[Si](O[SiH2]CCCOCC(O)CNC(C)COCC(C)N)(O[Si](C)(C)CCCOCC(O)CNC(C)COCC(C)N)c3ccccc3)C(CC(=O)OCC)C(=O)OCC)CC2)CC1. The van der Waals surface area contributed by atoms with Gasteiger partial charge in [0.05, 0.1) is 104 Å². The Morgan fingerprint density at radius 3 is 1.46 bits per heavy atom. The molecule has 0 aromatic heterocycles. The first-order chi connectivity index (χ1) is 48.9. The lowest BCUT2D eigenvalue weighted by molar-refractivity contribution is -0.158. The Labute approximate surface area is 625 Å². The van der Waals surface area contributed by atoms with E-state index in [1.165, 1.54) is 0 Å². The van der Waals surface area contributed by atoms with E-state index in [0.29, 0.717) is 84.0 Å². The summed E-state index contributed by atoms with van der Waals surface area (Å²) in [5.41, 5.74) is 11.6. The zero-order valence-electron chi connectivity index (χ0n) is 66.0. The summed E-state index contributed by atoms with van der Waals surface area (Å²) in [6.45, 7) is 33.0. The predicted molar refractivity (Wildman–Crippen MR) is 414 cm³/mol. The van der Waals surface area contributed by atoms with Crippen molar-refractivity contribution in [3.8, 4) is 0 Å². The Morgan fingerprint density at radius 1 is 0.544 bits per heavy atom. The van der Waals surface area contributed by atoms with Gasteiger partial charge in [0.25, 0.3) is 0 Å². The summed E-state index contributed by atoms with van der Waals surface area (Å²) in [4.78, 5) is 56.6. The van der Waals surface area contributed by atoms with Gasteiger partial charge in [-0.3, -0.25) is 29.0 Å². The van der Waals surface area contributed by atoms with Crippen molar-refractivity contribution < 1.29 is 93.6 Å². The summed E-state index contributed by atoms with van der Waals surface area (Å²) in [6.07, 6.45) is 7.87. The minimum absolute atomic E-state index is 0.0193. The van der Waals surface area contributed by atoms with Crippen LogP contribution >= 0.6 is 0 Å². The maximum atomic E-state index is 13.9. The van der Waals surface area contributed by atoms with Crippen LogP contribution in [0.2, 0.25) is 57.4 Å². The maximum Gasteiger partial charge on any atom is 0.506 e. The number of likely N-dealkylation sites (N-methyl/N-ethyl adjacent to an activating group) is 1. The van der Waals surface area contributed by atoms with Crippen LogP contribution in [0.3, 0.4) is 0 Å². The molecule has 0 spiro atoms. The number of ether oxygens (including phenoxy) is 9. The summed E-state index contributed by atoms with van der Waals surface area (Å²) >= 11 is 0. The molecule has 26 nitrogen and oxygen atoms in total. The quantitative estimate of drug-likeness (QED) is 0.0170. The molecule has 3 rings (SSSR count). The molecule has 0 radical (unpaired) electrons. The number of rotatable bonds is 59. The Bertz CT molecular complexity index is 2430. The minimum Gasteiger partial charge on any atom is -0.466 e. The van der Waals surface area contributed by atoms with Gasteiger partial charge in [0, 0.05) is 80.9 Å². The van der Waals surface area contributed by atoms with Crippen LogP contribution in [0.1, 0.15) is 145 Å². The lowest BCUT2D eigenvalue weighted by Gasteiger charge is -2.43. The average molecular weight is 1550 g/mol. The third kappa shape index (κ3) is 40.6. The first-order valence-electron chi connectivity index (χ1n) is 38.7. The van der Waals surface area contributed by atoms with Crippen LogP contribution in [0.4, 0.5) is 0 Å². The zero-order valence-corrected chi connectivity index (χ0v) is 71.4. The van der Waals surface area contributed by atoms with Crippen LogP contribution in [0.25, 0.3) is 0 Å². The summed E-state index contributed by atoms with van der Waals surface area (Å²) < 4.78 is 80.5. The van der Waals surface area contributed by atoms with E-state index in [9.17, 15) is 34.5 Å². The van der Waals surface area contributed by atoms with E-state index in [-0.39, 0.29) is 102 Å². The molecule has 9 N–H and O–H groups in total. The van der Waals surface area contributed by atoms with Gasteiger partial charge in [0.2, 0.25) is 0 Å². The Hall–Kier alpha value is -2.54. The summed E-state index contributed by atoms with van der Waals surface area (Å²) in [7, 11) is -11.2. The second-order valence-electron chi connectivity index (χ2n) is 30.2. The lowest BCUT2D eigenvalue weighted by Crippen LogP contribution is -2.67. The number of esters is 4. The molecular weight excluding hydrogens is 1410 g/mol. The van der Waals surface area contributed by atoms with Crippen molar-refractivity contribution in [3.63, 3.8) is 0 Å². The molecule has 0 bridgehead atoms. The van der Waals surface area contributed by atoms with E-state index >= 15 is 0 Å². The standard InChI is InChI=1S/C72H142N6O20Si5/c1-16-91-69(82)43-67(71(84)93-18-3)77(9)61-32-28-59(29-33-61)42-60-30-34-62(35-31-60)78(68(72(85)94-19-4)44-70(83)92-17-2)47-65(81)54-88-38-24-40-100(10,11)96-102(14,15)98-103(66-26-21-20-22-27-66,95-99-39-23-36-86-52-63(79)45-75-57(7)50-89-48-55(5)73)97-101(12,13)41-25-37-87-53-64(80)46-76-58(8)51-90-49-56(6)74/h20-22,26-27,55-65,67-68,75-76,79-81H,16-19,23-25,28-54,73-74,99H2,1-15H3. The number of nitrogens with zero attached hydrogens (tertiary/aromatic N) is 2. The number of nitrogens with one attached hydrogen (secondary N) is 2. The van der Waals surface area contributed by atoms with E-state index < -0.39 is 98.0 Å². The van der Waals surface area contributed by atoms with Crippen molar-refractivity contribution >= 4 is 72.8 Å². The highest BCUT2D eigenvalue weighted by Gasteiger charge is 2.53. The topological polar surface area (TPSA) is 332 Å². The number of nitrogens with two attached hydrogens (primary N) is 2. The molecule has 0 amide bonds. The van der Waals surface area contributed by atoms with Crippen molar-refractivity contribution in [1.29, 1.82) is 0 Å². The molecule has 0 saturated heterocycles. The van der Waals surface area contributed by atoms with Crippen LogP contribution in [-0.2, 0) is 78.3 Å². The first-order valence-corrected chi connectivity index (χ1v) is 51.0. The maximum absolute atomic E-state index is 13.9. The van der Waals surface area contributed by atoms with Gasteiger partial charge in [-0.2, -0.15) is 0 Å². The number of carbonyl (C=O) groups is 4. The molecule has 2 saturated carbocycles. The zero-order chi connectivity index (χ0) is 76.4. The molecule has 1 aromatic rings. The van der Waals surface area contributed by atoms with Crippen LogP contribution < -0.4 is 27.3 Å². The third-order valence-electron chi connectivity index (χ3n) is 18.5. The molecule has 10 atom stereocenters. The van der Waals surface area contributed by atoms with Gasteiger partial charge in [-0.1, -0.05) is 30.3 Å². The molecule has 2 fully saturated rings. The molecule has 31 heteroatoms. The van der Waals surface area contributed by atoms with Gasteiger partial charge >= 0.3 is 41.2 Å². The highest BCUT2D eigenvalue weighted by Crippen LogP contribution is 2.39. The predicted octanol–water partition coefficient (Wildman–Crippen LogP) is 6.01. The van der Waals surface area contributed by atoms with Crippen LogP contribution in [0, 0.1) is 11.8 Å². The number of benzene rings is 1. The highest BCUT2D eigenvalue weighted by atomic mass is 28.5. The fourth-order valence-corrected chi connectivity index (χ4v) is 34.1. The molecule has 1 aromatic carbocycles. The van der Waals surface area contributed by atoms with E-state index in [0.717, 1.165) is 87.5 Å². The molecular formula is C72H142N6O20Si5. The fourth-order valence-electron chi connectivity index (χ4n) is 13.6. The number of aliphatic hydroxyl groups excluding tert-OH is 3. The Kier molecular flexibility index (Phi) is 47.6. The number of hydrogen-bond donors (Lipinski definition) is 7. The number of aliphatic hydroxyl groups is 3. The molecule has 0 heterocycles. The molecule has 0 aliphatic heterocycles. The van der Waals surface area contributed by atoms with Crippen molar-refractivity contribution in [2.75, 3.05) is 119 Å².